The van der Waals surface area contributed by atoms with Crippen LogP contribution in [0.15, 0.2) is 52.9 Å². The largest absolute Gasteiger partial charge is 0.459 e. The first-order valence-electron chi connectivity index (χ1n) is 8.73. The Kier molecular flexibility index (Phi) is 5.16. The molecule has 3 amide bonds. The number of carbonyl (C=O) groups excluding carboxylic acids is 2. The van der Waals surface area contributed by atoms with Crippen LogP contribution in [0.5, 0.6) is 0 Å². The number of furan rings is 1. The summed E-state index contributed by atoms with van der Waals surface area (Å²) in [6.45, 7) is 3.73. The molecule has 27 heavy (non-hydrogen) atoms. The summed E-state index contributed by atoms with van der Waals surface area (Å²) in [4.78, 5) is 26.0. The van der Waals surface area contributed by atoms with Crippen LogP contribution in [0.2, 0.25) is 0 Å². The molecule has 6 heteroatoms. The molecule has 1 atom stereocenters. The molecule has 1 heterocycles. The van der Waals surface area contributed by atoms with Gasteiger partial charge in [-0.1, -0.05) is 24.3 Å². The van der Waals surface area contributed by atoms with Crippen LogP contribution in [0.3, 0.4) is 0 Å². The Labute approximate surface area is 158 Å². The summed E-state index contributed by atoms with van der Waals surface area (Å²) in [5.74, 6) is 0.564. The molecular weight excluding hydrogens is 342 g/mol. The van der Waals surface area contributed by atoms with E-state index in [1.54, 1.807) is 26.2 Å². The van der Waals surface area contributed by atoms with Crippen LogP contribution in [0, 0.1) is 6.92 Å². The third-order valence-electron chi connectivity index (χ3n) is 4.36. The summed E-state index contributed by atoms with van der Waals surface area (Å²) in [5, 5.41) is 6.67. The number of hydrogen-bond donors (Lipinski definition) is 2. The summed E-state index contributed by atoms with van der Waals surface area (Å²) in [6, 6.07) is 14.2. The van der Waals surface area contributed by atoms with Gasteiger partial charge in [0, 0.05) is 30.7 Å². The van der Waals surface area contributed by atoms with Crippen LogP contribution < -0.4 is 10.6 Å². The van der Waals surface area contributed by atoms with E-state index in [4.69, 9.17) is 4.42 Å². The normalized spacial score (nSPS) is 11.9. The summed E-state index contributed by atoms with van der Waals surface area (Å²) >= 11 is 0. The zero-order valence-electron chi connectivity index (χ0n) is 15.9. The number of aryl methyl sites for hydroxylation is 1. The summed E-state index contributed by atoms with van der Waals surface area (Å²) in [7, 11) is 3.38. The van der Waals surface area contributed by atoms with Crippen LogP contribution in [-0.2, 0) is 0 Å². The predicted molar refractivity (Wildman–Crippen MR) is 106 cm³/mol. The van der Waals surface area contributed by atoms with E-state index in [1.165, 1.54) is 4.90 Å². The Morgan fingerprint density at radius 1 is 1.07 bits per heavy atom. The summed E-state index contributed by atoms with van der Waals surface area (Å²) < 4.78 is 5.79. The number of amides is 3. The number of carbonyl (C=O) groups is 2. The molecule has 0 saturated heterocycles. The monoisotopic (exact) mass is 365 g/mol. The van der Waals surface area contributed by atoms with Crippen molar-refractivity contribution < 1.29 is 14.0 Å². The summed E-state index contributed by atoms with van der Waals surface area (Å²) in [5.41, 5.74) is 2.77. The molecule has 0 unspecified atom stereocenters. The fourth-order valence-corrected chi connectivity index (χ4v) is 2.79. The van der Waals surface area contributed by atoms with Crippen molar-refractivity contribution in [2.75, 3.05) is 19.4 Å². The lowest BCUT2D eigenvalue weighted by molar-refractivity contribution is 0.0827. The predicted octanol–water partition coefficient (Wildman–Crippen LogP) is 4.33. The number of anilines is 1. The molecule has 2 aromatic carbocycles. The molecule has 1 aromatic heterocycles. The van der Waals surface area contributed by atoms with Gasteiger partial charge in [-0.25, -0.2) is 4.79 Å². The number of hydrogen-bond acceptors (Lipinski definition) is 3. The molecule has 0 aliphatic rings. The Balaban J connectivity index is 1.71. The van der Waals surface area contributed by atoms with E-state index >= 15 is 0 Å². The quantitative estimate of drug-likeness (QED) is 0.723. The molecule has 140 valence electrons. The van der Waals surface area contributed by atoms with Crippen molar-refractivity contribution in [3.63, 3.8) is 0 Å². The van der Waals surface area contributed by atoms with Crippen molar-refractivity contribution in [2.24, 2.45) is 0 Å². The molecule has 0 spiro atoms. The van der Waals surface area contributed by atoms with Crippen molar-refractivity contribution in [1.29, 1.82) is 0 Å². The van der Waals surface area contributed by atoms with Crippen LogP contribution in [0.4, 0.5) is 10.5 Å². The van der Waals surface area contributed by atoms with Crippen LogP contribution in [0.25, 0.3) is 11.0 Å². The van der Waals surface area contributed by atoms with Crippen molar-refractivity contribution in [3.8, 4) is 0 Å². The molecule has 0 saturated carbocycles. The number of nitrogens with zero attached hydrogens (tertiary/aromatic N) is 1. The van der Waals surface area contributed by atoms with Gasteiger partial charge in [-0.3, -0.25) is 4.79 Å². The zero-order valence-corrected chi connectivity index (χ0v) is 15.9. The topological polar surface area (TPSA) is 74.6 Å². The SMILES string of the molecule is Cc1ccc(C(=O)N(C)C)cc1NC(=O)N[C@H](C)c1cc2ccccc2o1. The minimum Gasteiger partial charge on any atom is -0.459 e. The molecule has 0 fully saturated rings. The van der Waals surface area contributed by atoms with Gasteiger partial charge in [0.2, 0.25) is 0 Å². The first kappa shape index (κ1) is 18.5. The lowest BCUT2D eigenvalue weighted by Crippen LogP contribution is -2.31. The average Bonchev–Trinajstić information content (AvgIpc) is 3.07. The third kappa shape index (κ3) is 4.11. The van der Waals surface area contributed by atoms with E-state index in [0.717, 1.165) is 16.5 Å². The molecule has 6 nitrogen and oxygen atoms in total. The minimum absolute atomic E-state index is 0.117. The first-order valence-corrected chi connectivity index (χ1v) is 8.73. The van der Waals surface area contributed by atoms with E-state index in [2.05, 4.69) is 10.6 Å². The second kappa shape index (κ2) is 7.53. The molecular formula is C21H23N3O3. The number of benzene rings is 2. The van der Waals surface area contributed by atoms with E-state index in [1.807, 2.05) is 50.2 Å². The van der Waals surface area contributed by atoms with Gasteiger partial charge >= 0.3 is 6.03 Å². The number of para-hydroxylation sites is 1. The Morgan fingerprint density at radius 2 is 1.81 bits per heavy atom. The van der Waals surface area contributed by atoms with Crippen molar-refractivity contribution in [3.05, 3.63) is 65.4 Å². The van der Waals surface area contributed by atoms with Gasteiger partial charge < -0.3 is 20.0 Å². The van der Waals surface area contributed by atoms with Gasteiger partial charge in [0.15, 0.2) is 0 Å². The van der Waals surface area contributed by atoms with Gasteiger partial charge in [-0.05, 0) is 43.7 Å². The number of nitrogens with one attached hydrogen (secondary N) is 2. The zero-order chi connectivity index (χ0) is 19.6. The smallest absolute Gasteiger partial charge is 0.319 e. The lowest BCUT2D eigenvalue weighted by Gasteiger charge is -2.15. The molecule has 0 radical (unpaired) electrons. The standard InChI is InChI=1S/C21H23N3O3/c1-13-9-10-16(20(25)24(3)4)11-17(13)23-21(26)22-14(2)19-12-15-7-5-6-8-18(15)27-19/h5-12,14H,1-4H3,(H2,22,23,26)/t14-/m1/s1. The Hall–Kier alpha value is -3.28. The number of fused-ring (bicyclic) bond motifs is 1. The fraction of sp³-hybridized carbons (Fsp3) is 0.238. The van der Waals surface area contributed by atoms with Gasteiger partial charge in [0.05, 0.1) is 6.04 Å². The van der Waals surface area contributed by atoms with Gasteiger partial charge in [0.1, 0.15) is 11.3 Å². The maximum Gasteiger partial charge on any atom is 0.319 e. The first-order chi connectivity index (χ1) is 12.8. The highest BCUT2D eigenvalue weighted by atomic mass is 16.3. The summed E-state index contributed by atoms with van der Waals surface area (Å²) in [6.07, 6.45) is 0. The fourth-order valence-electron chi connectivity index (χ4n) is 2.79. The van der Waals surface area contributed by atoms with Gasteiger partial charge in [0.25, 0.3) is 5.91 Å². The third-order valence-corrected chi connectivity index (χ3v) is 4.36. The molecule has 0 aliphatic carbocycles. The highest BCUT2D eigenvalue weighted by molar-refractivity contribution is 5.97. The Morgan fingerprint density at radius 3 is 2.52 bits per heavy atom. The average molecular weight is 365 g/mol. The van der Waals surface area contributed by atoms with E-state index in [0.29, 0.717) is 17.0 Å². The van der Waals surface area contributed by atoms with E-state index in [-0.39, 0.29) is 18.0 Å². The molecule has 3 rings (SSSR count). The molecule has 0 aliphatic heterocycles. The van der Waals surface area contributed by atoms with Crippen LogP contribution >= 0.6 is 0 Å². The molecule has 3 aromatic rings. The maximum atomic E-state index is 12.4. The second-order valence-corrected chi connectivity index (χ2v) is 6.74. The van der Waals surface area contributed by atoms with Crippen molar-refractivity contribution >= 4 is 28.6 Å². The molecule has 0 bridgehead atoms. The van der Waals surface area contributed by atoms with Gasteiger partial charge in [-0.2, -0.15) is 0 Å². The number of urea groups is 1. The van der Waals surface area contributed by atoms with Gasteiger partial charge in [-0.15, -0.1) is 0 Å². The Bertz CT molecular complexity index is 958. The maximum absolute atomic E-state index is 12.4. The van der Waals surface area contributed by atoms with E-state index < -0.39 is 0 Å². The highest BCUT2D eigenvalue weighted by Gasteiger charge is 2.16. The van der Waals surface area contributed by atoms with Crippen molar-refractivity contribution in [1.82, 2.24) is 10.2 Å². The molecule has 2 N–H and O–H groups in total. The van der Waals surface area contributed by atoms with Crippen LogP contribution in [0.1, 0.15) is 34.6 Å². The minimum atomic E-state index is -0.361. The lowest BCUT2D eigenvalue weighted by atomic mass is 10.1. The van der Waals surface area contributed by atoms with Crippen molar-refractivity contribution in [2.45, 2.75) is 19.9 Å². The number of rotatable bonds is 4. The highest BCUT2D eigenvalue weighted by Crippen LogP contribution is 2.24. The van der Waals surface area contributed by atoms with Crippen LogP contribution in [-0.4, -0.2) is 30.9 Å². The van der Waals surface area contributed by atoms with E-state index in [9.17, 15) is 9.59 Å². The second-order valence-electron chi connectivity index (χ2n) is 6.74.